The van der Waals surface area contributed by atoms with Gasteiger partial charge < -0.3 is 10.6 Å². The Bertz CT molecular complexity index is 226. The molecule has 0 unspecified atom stereocenters. The molecule has 0 bridgehead atoms. The lowest BCUT2D eigenvalue weighted by molar-refractivity contribution is 0.181. The van der Waals surface area contributed by atoms with E-state index in [2.05, 4.69) is 15.9 Å². The summed E-state index contributed by atoms with van der Waals surface area (Å²) in [6.07, 6.45) is 0. The molecule has 0 radical (unpaired) electrons. The number of urea groups is 1. The zero-order valence-corrected chi connectivity index (χ0v) is 8.05. The molecule has 5 heteroatoms. The molecule has 0 saturated carbocycles. The Morgan fingerprint density at radius 3 is 2.64 bits per heavy atom. The van der Waals surface area contributed by atoms with E-state index < -0.39 is 0 Å². The van der Waals surface area contributed by atoms with Crippen LogP contribution < -0.4 is 5.73 Å². The Morgan fingerprint density at radius 2 is 2.09 bits per heavy atom. The molecule has 0 aromatic carbocycles. The van der Waals surface area contributed by atoms with Gasteiger partial charge in [0.2, 0.25) is 0 Å². The van der Waals surface area contributed by atoms with Crippen molar-refractivity contribution >= 4 is 22.0 Å². The van der Waals surface area contributed by atoms with Crippen LogP contribution in [0.5, 0.6) is 0 Å². The number of nitrogens with two attached hydrogens (primary N) is 1. The maximum absolute atomic E-state index is 11.2. The number of carbonyl (C=O) groups excluding carboxylic acids is 1. The lowest BCUT2D eigenvalue weighted by Gasteiger charge is -2.30. The highest BCUT2D eigenvalue weighted by atomic mass is 79.9. The van der Waals surface area contributed by atoms with Crippen LogP contribution in [0.1, 0.15) is 0 Å². The van der Waals surface area contributed by atoms with E-state index in [9.17, 15) is 4.79 Å². The summed E-state index contributed by atoms with van der Waals surface area (Å²) < 4.78 is 0.849. The summed E-state index contributed by atoms with van der Waals surface area (Å²) in [6, 6.07) is -0.0781. The minimum absolute atomic E-state index is 0.0781. The predicted molar refractivity (Wildman–Crippen MR) is 45.9 cm³/mol. The maximum Gasteiger partial charge on any atom is 0.325 e. The minimum Gasteiger partial charge on any atom is -0.384 e. The fourth-order valence-corrected chi connectivity index (χ4v) is 1.54. The predicted octanol–water partition coefficient (Wildman–Crippen LogP) is 0.506. The van der Waals surface area contributed by atoms with Gasteiger partial charge in [0.15, 0.2) is 0 Å². The number of hydrogen-bond acceptors (Lipinski definition) is 2. The van der Waals surface area contributed by atoms with E-state index in [1.807, 2.05) is 0 Å². The topological polar surface area (TPSA) is 49.6 Å². The molecule has 1 heterocycles. The van der Waals surface area contributed by atoms with Crippen molar-refractivity contribution in [2.75, 3.05) is 20.6 Å². The average Bonchev–Trinajstić information content (AvgIpc) is 1.97. The molecule has 1 aliphatic rings. The summed E-state index contributed by atoms with van der Waals surface area (Å²) in [5.74, 6) is 0.494. The van der Waals surface area contributed by atoms with E-state index in [0.29, 0.717) is 12.4 Å². The third-order valence-corrected chi connectivity index (χ3v) is 2.29. The molecule has 0 spiro atoms. The highest BCUT2D eigenvalue weighted by molar-refractivity contribution is 9.11. The standard InChI is InChI=1S/C6H10BrN3O/c1-9-3-4(7)5(8)10(2)6(9)11/h3,8H2,1-2H3. The summed E-state index contributed by atoms with van der Waals surface area (Å²) >= 11 is 3.28. The van der Waals surface area contributed by atoms with Crippen LogP contribution in [0.4, 0.5) is 4.79 Å². The van der Waals surface area contributed by atoms with Crippen LogP contribution in [0.2, 0.25) is 0 Å². The second-order valence-electron chi connectivity index (χ2n) is 2.49. The van der Waals surface area contributed by atoms with Crippen LogP contribution in [0.25, 0.3) is 0 Å². The SMILES string of the molecule is CN1CC(Br)=C(N)N(C)C1=O. The number of halogens is 1. The molecule has 0 aliphatic carbocycles. The molecule has 0 aromatic heterocycles. The van der Waals surface area contributed by atoms with E-state index in [4.69, 9.17) is 5.73 Å². The second-order valence-corrected chi connectivity index (χ2v) is 3.45. The number of carbonyl (C=O) groups is 1. The smallest absolute Gasteiger partial charge is 0.325 e. The molecule has 1 rings (SSSR count). The van der Waals surface area contributed by atoms with E-state index in [1.54, 1.807) is 19.0 Å². The van der Waals surface area contributed by atoms with E-state index >= 15 is 0 Å². The Hall–Kier alpha value is -0.710. The van der Waals surface area contributed by atoms with Crippen molar-refractivity contribution in [2.24, 2.45) is 5.73 Å². The van der Waals surface area contributed by atoms with Crippen LogP contribution in [0.3, 0.4) is 0 Å². The van der Waals surface area contributed by atoms with Gasteiger partial charge in [0.05, 0.1) is 11.0 Å². The monoisotopic (exact) mass is 219 g/mol. The highest BCUT2D eigenvalue weighted by Crippen LogP contribution is 2.18. The molecule has 11 heavy (non-hydrogen) atoms. The Morgan fingerprint density at radius 1 is 1.55 bits per heavy atom. The Balaban J connectivity index is 2.95. The van der Waals surface area contributed by atoms with E-state index in [0.717, 1.165) is 4.48 Å². The summed E-state index contributed by atoms with van der Waals surface area (Å²) in [5.41, 5.74) is 5.59. The lowest BCUT2D eigenvalue weighted by Crippen LogP contribution is -2.45. The molecule has 0 fully saturated rings. The third kappa shape index (κ3) is 1.33. The number of rotatable bonds is 0. The molecule has 2 amide bonds. The molecule has 4 nitrogen and oxygen atoms in total. The Kier molecular flexibility index (Phi) is 2.08. The molecule has 62 valence electrons. The summed E-state index contributed by atoms with van der Waals surface area (Å²) in [5, 5.41) is 0. The highest BCUT2D eigenvalue weighted by Gasteiger charge is 2.24. The zero-order valence-electron chi connectivity index (χ0n) is 6.47. The van der Waals surface area contributed by atoms with Gasteiger partial charge in [0, 0.05) is 14.1 Å². The third-order valence-electron chi connectivity index (χ3n) is 1.63. The van der Waals surface area contributed by atoms with Gasteiger partial charge in [-0.15, -0.1) is 0 Å². The number of nitrogens with zero attached hydrogens (tertiary/aromatic N) is 2. The molecular formula is C6H10BrN3O. The molecule has 0 saturated heterocycles. The Labute approximate surface area is 73.8 Å². The first-order chi connectivity index (χ1) is 5.04. The van der Waals surface area contributed by atoms with E-state index in [1.165, 1.54) is 4.90 Å². The normalized spacial score (nSPS) is 19.7. The maximum atomic E-state index is 11.2. The van der Waals surface area contributed by atoms with Crippen LogP contribution in [0, 0.1) is 0 Å². The van der Waals surface area contributed by atoms with Crippen LogP contribution >= 0.6 is 15.9 Å². The largest absolute Gasteiger partial charge is 0.384 e. The van der Waals surface area contributed by atoms with Crippen molar-refractivity contribution < 1.29 is 4.79 Å². The summed E-state index contributed by atoms with van der Waals surface area (Å²) in [6.45, 7) is 0.551. The van der Waals surface area contributed by atoms with Crippen molar-refractivity contribution in [3.63, 3.8) is 0 Å². The fraction of sp³-hybridized carbons (Fsp3) is 0.500. The van der Waals surface area contributed by atoms with Crippen molar-refractivity contribution in [3.05, 3.63) is 10.3 Å². The first-order valence-corrected chi connectivity index (χ1v) is 3.96. The minimum atomic E-state index is -0.0781. The van der Waals surface area contributed by atoms with Gasteiger partial charge in [-0.1, -0.05) is 0 Å². The number of likely N-dealkylation sites (N-methyl/N-ethyl adjacent to an activating group) is 1. The van der Waals surface area contributed by atoms with Gasteiger partial charge in [0.25, 0.3) is 0 Å². The van der Waals surface area contributed by atoms with Gasteiger partial charge in [-0.05, 0) is 15.9 Å². The van der Waals surface area contributed by atoms with Gasteiger partial charge in [-0.25, -0.2) is 4.79 Å². The van der Waals surface area contributed by atoms with E-state index in [-0.39, 0.29) is 6.03 Å². The second kappa shape index (κ2) is 2.73. The molecule has 0 atom stereocenters. The zero-order chi connectivity index (χ0) is 8.59. The molecule has 1 aliphatic heterocycles. The van der Waals surface area contributed by atoms with Crippen molar-refractivity contribution in [1.29, 1.82) is 0 Å². The molecule has 0 aromatic rings. The van der Waals surface area contributed by atoms with Gasteiger partial charge in [0.1, 0.15) is 5.82 Å². The van der Waals surface area contributed by atoms with Crippen molar-refractivity contribution in [1.82, 2.24) is 9.80 Å². The fourth-order valence-electron chi connectivity index (χ4n) is 0.898. The molecule has 2 N–H and O–H groups in total. The van der Waals surface area contributed by atoms with Gasteiger partial charge in [-0.2, -0.15) is 0 Å². The van der Waals surface area contributed by atoms with Gasteiger partial charge >= 0.3 is 6.03 Å². The summed E-state index contributed by atoms with van der Waals surface area (Å²) in [7, 11) is 3.38. The first-order valence-electron chi connectivity index (χ1n) is 3.17. The van der Waals surface area contributed by atoms with Crippen LogP contribution in [-0.4, -0.2) is 36.5 Å². The summed E-state index contributed by atoms with van der Waals surface area (Å²) in [4.78, 5) is 14.2. The number of amides is 2. The average molecular weight is 220 g/mol. The number of hydrogen-bond donors (Lipinski definition) is 1. The lowest BCUT2D eigenvalue weighted by atomic mass is 10.4. The molecular weight excluding hydrogens is 210 g/mol. The van der Waals surface area contributed by atoms with Crippen molar-refractivity contribution in [2.45, 2.75) is 0 Å². The van der Waals surface area contributed by atoms with Crippen LogP contribution in [0.15, 0.2) is 10.3 Å². The first kappa shape index (κ1) is 8.39. The van der Waals surface area contributed by atoms with Crippen LogP contribution in [-0.2, 0) is 0 Å². The quantitative estimate of drug-likeness (QED) is 0.646. The van der Waals surface area contributed by atoms with Gasteiger partial charge in [-0.3, -0.25) is 4.90 Å². The van der Waals surface area contributed by atoms with Crippen molar-refractivity contribution in [3.8, 4) is 0 Å².